The Kier molecular flexibility index (Phi) is 5.21. The van der Waals surface area contributed by atoms with Crippen LogP contribution in [0.25, 0.3) is 0 Å². The molecule has 0 heterocycles. The molecule has 0 aromatic carbocycles. The quantitative estimate of drug-likeness (QED) is 0.314. The van der Waals surface area contributed by atoms with E-state index in [9.17, 15) is 4.79 Å². The Morgan fingerprint density at radius 2 is 2.33 bits per heavy atom. The van der Waals surface area contributed by atoms with Gasteiger partial charge < -0.3 is 0 Å². The van der Waals surface area contributed by atoms with Crippen molar-refractivity contribution < 1.29 is 9.63 Å². The normalized spacial score (nSPS) is 9.11. The van der Waals surface area contributed by atoms with Crippen molar-refractivity contribution in [1.29, 1.82) is 0 Å². The van der Waals surface area contributed by atoms with Crippen LogP contribution in [0.1, 0.15) is 19.8 Å². The molecule has 0 saturated heterocycles. The van der Waals surface area contributed by atoms with Gasteiger partial charge in [-0.2, -0.15) is 0 Å². The Labute approximate surface area is 55.6 Å². The molecule has 0 aliphatic rings. The molecular weight excluding hydrogens is 118 g/mol. The van der Waals surface area contributed by atoms with Gasteiger partial charge in [0, 0.05) is 7.05 Å². The Balaban J connectivity index is 2.96. The van der Waals surface area contributed by atoms with Crippen molar-refractivity contribution in [3.63, 3.8) is 0 Å². The molecule has 0 spiro atoms. The predicted molar refractivity (Wildman–Crippen MR) is 34.7 cm³/mol. The molecule has 0 aliphatic carbocycles. The average molecular weight is 131 g/mol. The molecule has 0 N–H and O–H groups in total. The standard InChI is InChI=1S/C6H13NO2/c1-3-4-5-9-7(2)6-8/h6H,3-5H2,1-2H3. The molecule has 0 saturated carbocycles. The second-order valence-electron chi connectivity index (χ2n) is 1.84. The number of carbonyl (C=O) groups is 1. The highest BCUT2D eigenvalue weighted by atomic mass is 16.7. The summed E-state index contributed by atoms with van der Waals surface area (Å²) in [5, 5.41) is 1.18. The van der Waals surface area contributed by atoms with Gasteiger partial charge in [0.05, 0.1) is 6.61 Å². The molecule has 3 heteroatoms. The number of rotatable bonds is 5. The fourth-order valence-corrected chi connectivity index (χ4v) is 0.383. The number of hydrogen-bond acceptors (Lipinski definition) is 2. The maximum atomic E-state index is 9.90. The van der Waals surface area contributed by atoms with Crippen LogP contribution in [0.5, 0.6) is 0 Å². The second-order valence-corrected chi connectivity index (χ2v) is 1.84. The van der Waals surface area contributed by atoms with E-state index in [-0.39, 0.29) is 0 Å². The molecule has 0 aromatic rings. The molecule has 0 rings (SSSR count). The molecular formula is C6H13NO2. The van der Waals surface area contributed by atoms with Crippen LogP contribution in [0.15, 0.2) is 0 Å². The maximum absolute atomic E-state index is 9.90. The highest BCUT2D eigenvalue weighted by Gasteiger charge is 1.89. The summed E-state index contributed by atoms with van der Waals surface area (Å²) in [6.07, 6.45) is 2.74. The Hall–Kier alpha value is -0.570. The molecule has 0 radical (unpaired) electrons. The topological polar surface area (TPSA) is 29.5 Å². The van der Waals surface area contributed by atoms with E-state index in [0.29, 0.717) is 13.0 Å². The fourth-order valence-electron chi connectivity index (χ4n) is 0.383. The molecule has 0 aromatic heterocycles. The third-order valence-corrected chi connectivity index (χ3v) is 0.941. The highest BCUT2D eigenvalue weighted by Crippen LogP contribution is 1.88. The summed E-state index contributed by atoms with van der Waals surface area (Å²) >= 11 is 0. The van der Waals surface area contributed by atoms with Gasteiger partial charge in [0.2, 0.25) is 6.41 Å². The Bertz CT molecular complexity index is 75.5. The van der Waals surface area contributed by atoms with Gasteiger partial charge in [0.1, 0.15) is 0 Å². The van der Waals surface area contributed by atoms with Gasteiger partial charge in [-0.15, -0.1) is 0 Å². The zero-order chi connectivity index (χ0) is 7.11. The van der Waals surface area contributed by atoms with E-state index in [4.69, 9.17) is 4.84 Å². The summed E-state index contributed by atoms with van der Waals surface area (Å²) in [4.78, 5) is 14.8. The van der Waals surface area contributed by atoms with Crippen molar-refractivity contribution in [3.05, 3.63) is 0 Å². The fraction of sp³-hybridized carbons (Fsp3) is 0.833. The number of nitrogens with zero attached hydrogens (tertiary/aromatic N) is 1. The van der Waals surface area contributed by atoms with Crippen molar-refractivity contribution in [2.45, 2.75) is 19.8 Å². The number of hydroxylamine groups is 2. The van der Waals surface area contributed by atoms with Crippen molar-refractivity contribution >= 4 is 6.41 Å². The highest BCUT2D eigenvalue weighted by molar-refractivity contribution is 5.44. The molecule has 54 valence electrons. The van der Waals surface area contributed by atoms with Crippen molar-refractivity contribution in [2.24, 2.45) is 0 Å². The van der Waals surface area contributed by atoms with E-state index in [1.165, 1.54) is 5.06 Å². The van der Waals surface area contributed by atoms with Crippen LogP contribution in [0.3, 0.4) is 0 Å². The smallest absolute Gasteiger partial charge is 0.233 e. The van der Waals surface area contributed by atoms with Crippen LogP contribution in [0.2, 0.25) is 0 Å². The first-order valence-corrected chi connectivity index (χ1v) is 3.12. The minimum absolute atomic E-state index is 0.631. The third kappa shape index (κ3) is 5.30. The minimum Gasteiger partial charge on any atom is -0.276 e. The Morgan fingerprint density at radius 1 is 1.67 bits per heavy atom. The lowest BCUT2D eigenvalue weighted by molar-refractivity contribution is -0.163. The first-order valence-electron chi connectivity index (χ1n) is 3.12. The van der Waals surface area contributed by atoms with E-state index in [1.54, 1.807) is 7.05 Å². The molecule has 3 nitrogen and oxygen atoms in total. The monoisotopic (exact) mass is 131 g/mol. The van der Waals surface area contributed by atoms with E-state index in [0.717, 1.165) is 12.8 Å². The van der Waals surface area contributed by atoms with Gasteiger partial charge in [-0.05, 0) is 6.42 Å². The SMILES string of the molecule is CCCCON(C)C=O. The van der Waals surface area contributed by atoms with Gasteiger partial charge >= 0.3 is 0 Å². The number of unbranched alkanes of at least 4 members (excludes halogenated alkanes) is 1. The number of amides is 1. The third-order valence-electron chi connectivity index (χ3n) is 0.941. The van der Waals surface area contributed by atoms with Crippen LogP contribution in [0, 0.1) is 0 Å². The van der Waals surface area contributed by atoms with Gasteiger partial charge in [0.25, 0.3) is 0 Å². The summed E-state index contributed by atoms with van der Waals surface area (Å²) in [5.41, 5.74) is 0. The van der Waals surface area contributed by atoms with Crippen LogP contribution in [-0.4, -0.2) is 25.1 Å². The number of hydrogen-bond donors (Lipinski definition) is 0. The molecule has 0 atom stereocenters. The van der Waals surface area contributed by atoms with Crippen molar-refractivity contribution in [1.82, 2.24) is 5.06 Å². The summed E-state index contributed by atoms with van der Waals surface area (Å²) in [6.45, 7) is 2.70. The minimum atomic E-state index is 0.631. The van der Waals surface area contributed by atoms with Crippen molar-refractivity contribution in [2.75, 3.05) is 13.7 Å². The number of carbonyl (C=O) groups excluding carboxylic acids is 1. The summed E-state index contributed by atoms with van der Waals surface area (Å²) in [7, 11) is 1.59. The molecule has 0 fully saturated rings. The Morgan fingerprint density at radius 3 is 2.78 bits per heavy atom. The van der Waals surface area contributed by atoms with Crippen LogP contribution in [-0.2, 0) is 9.63 Å². The lowest BCUT2D eigenvalue weighted by atomic mass is 10.4. The lowest BCUT2D eigenvalue weighted by Crippen LogP contribution is -2.16. The van der Waals surface area contributed by atoms with Crippen LogP contribution in [0.4, 0.5) is 0 Å². The summed E-state index contributed by atoms with van der Waals surface area (Å²) in [5.74, 6) is 0. The van der Waals surface area contributed by atoms with Gasteiger partial charge in [-0.3, -0.25) is 9.63 Å². The van der Waals surface area contributed by atoms with Crippen molar-refractivity contribution in [3.8, 4) is 0 Å². The second kappa shape index (κ2) is 5.56. The first kappa shape index (κ1) is 8.43. The van der Waals surface area contributed by atoms with E-state index < -0.39 is 0 Å². The molecule has 0 unspecified atom stereocenters. The molecule has 0 aliphatic heterocycles. The zero-order valence-electron chi connectivity index (χ0n) is 5.96. The average Bonchev–Trinajstić information content (AvgIpc) is 1.89. The summed E-state index contributed by atoms with van der Waals surface area (Å²) < 4.78 is 0. The van der Waals surface area contributed by atoms with Gasteiger partial charge in [0.15, 0.2) is 0 Å². The maximum Gasteiger partial charge on any atom is 0.233 e. The molecule has 9 heavy (non-hydrogen) atoms. The zero-order valence-corrected chi connectivity index (χ0v) is 5.96. The van der Waals surface area contributed by atoms with Gasteiger partial charge in [-0.1, -0.05) is 13.3 Å². The van der Waals surface area contributed by atoms with Crippen LogP contribution >= 0.6 is 0 Å². The molecule has 1 amide bonds. The summed E-state index contributed by atoms with van der Waals surface area (Å²) in [6, 6.07) is 0. The van der Waals surface area contributed by atoms with Crippen LogP contribution < -0.4 is 0 Å². The predicted octanol–water partition coefficient (Wildman–Crippen LogP) is 0.806. The van der Waals surface area contributed by atoms with Gasteiger partial charge in [-0.25, -0.2) is 5.06 Å². The largest absolute Gasteiger partial charge is 0.276 e. The lowest BCUT2D eigenvalue weighted by Gasteiger charge is -2.08. The van der Waals surface area contributed by atoms with E-state index in [2.05, 4.69) is 6.92 Å². The first-order chi connectivity index (χ1) is 4.31. The molecule has 0 bridgehead atoms. The van der Waals surface area contributed by atoms with E-state index >= 15 is 0 Å². The van der Waals surface area contributed by atoms with E-state index in [1.807, 2.05) is 0 Å².